The molecule has 7 heteroatoms. The topological polar surface area (TPSA) is 76.4 Å². The van der Waals surface area contributed by atoms with Gasteiger partial charge in [0, 0.05) is 41.8 Å². The van der Waals surface area contributed by atoms with Crippen molar-refractivity contribution >= 4 is 23.3 Å². The van der Waals surface area contributed by atoms with Crippen molar-refractivity contribution < 1.29 is 9.59 Å². The summed E-state index contributed by atoms with van der Waals surface area (Å²) in [5, 5.41) is 13.0. The van der Waals surface area contributed by atoms with Crippen molar-refractivity contribution in [1.82, 2.24) is 15.1 Å². The molecular weight excluding hydrogens is 388 g/mol. The number of Topliss-reactive ketones (excluding diaryl/α,β-unsaturated/α-hetero) is 1. The first-order valence-electron chi connectivity index (χ1n) is 9.91. The van der Waals surface area contributed by atoms with Gasteiger partial charge in [-0.25, -0.2) is 0 Å². The Kier molecular flexibility index (Phi) is 6.79. The second-order valence-electron chi connectivity index (χ2n) is 7.85. The van der Waals surface area contributed by atoms with Crippen molar-refractivity contribution in [3.8, 4) is 18.0 Å². The third kappa shape index (κ3) is 5.50. The number of rotatable bonds is 4. The average Bonchev–Trinajstić information content (AvgIpc) is 3.19. The molecule has 1 N–H and O–H groups in total. The van der Waals surface area contributed by atoms with Crippen molar-refractivity contribution in [2.45, 2.75) is 44.2 Å². The largest absolute Gasteiger partial charge is 0.339 e. The van der Waals surface area contributed by atoms with Gasteiger partial charge in [0.05, 0.1) is 12.6 Å². The number of nitrogens with zero attached hydrogens (tertiary/aromatic N) is 3. The lowest BCUT2D eigenvalue weighted by Gasteiger charge is -2.40. The van der Waals surface area contributed by atoms with Gasteiger partial charge in [-0.1, -0.05) is 11.6 Å². The van der Waals surface area contributed by atoms with Crippen LogP contribution in [0, 0.1) is 23.3 Å². The molecule has 0 aromatic heterocycles. The summed E-state index contributed by atoms with van der Waals surface area (Å²) in [6, 6.07) is 11.8. The number of ketones is 1. The second kappa shape index (κ2) is 9.31. The van der Waals surface area contributed by atoms with Crippen LogP contribution in [0.4, 0.5) is 0 Å². The number of nitriles is 1. The number of halogens is 1. The number of hydrogen-bond donors (Lipinski definition) is 1. The molecule has 2 aliphatic rings. The zero-order chi connectivity index (χ0) is 20.9. The quantitative estimate of drug-likeness (QED) is 0.768. The Morgan fingerprint density at radius 1 is 1.24 bits per heavy atom. The zero-order valence-corrected chi connectivity index (χ0v) is 17.3. The molecule has 6 nitrogen and oxygen atoms in total. The number of benzene rings is 1. The Labute approximate surface area is 176 Å². The van der Waals surface area contributed by atoms with E-state index in [1.165, 1.54) is 0 Å². The Morgan fingerprint density at radius 2 is 1.93 bits per heavy atom. The standard InChI is InChI=1S/C22H25ClN4O2/c1-22(25-16-20(28)8-12-26-11-2-3-19(26)15-24)9-13-27(14-10-22)21(29)17-4-6-18(23)7-5-17/h4-7,19,25H,2-3,9-11,13-14,16H2,1H3/t19-/m0/s1. The first kappa shape index (κ1) is 21.2. The molecule has 0 spiro atoms. The van der Waals surface area contributed by atoms with Crippen LogP contribution in [0.1, 0.15) is 43.0 Å². The highest BCUT2D eigenvalue weighted by Crippen LogP contribution is 2.23. The molecule has 2 saturated heterocycles. The smallest absolute Gasteiger partial charge is 0.253 e. The van der Waals surface area contributed by atoms with Crippen molar-refractivity contribution in [2.24, 2.45) is 0 Å². The van der Waals surface area contributed by atoms with E-state index < -0.39 is 0 Å². The van der Waals surface area contributed by atoms with E-state index in [0.717, 1.165) is 32.2 Å². The Bertz CT molecular complexity index is 858. The van der Waals surface area contributed by atoms with Crippen molar-refractivity contribution in [2.75, 3.05) is 26.2 Å². The van der Waals surface area contributed by atoms with Gasteiger partial charge in [0.1, 0.15) is 6.04 Å². The van der Waals surface area contributed by atoms with Crippen LogP contribution >= 0.6 is 11.6 Å². The van der Waals surface area contributed by atoms with Crippen molar-refractivity contribution in [1.29, 1.82) is 5.26 Å². The molecule has 0 aliphatic carbocycles. The second-order valence-corrected chi connectivity index (χ2v) is 8.29. The third-order valence-electron chi connectivity index (χ3n) is 5.66. The fraction of sp³-hybridized carbons (Fsp3) is 0.500. The maximum atomic E-state index is 12.6. The molecule has 1 aromatic rings. The van der Waals surface area contributed by atoms with Crippen LogP contribution in [0.2, 0.25) is 5.02 Å². The number of amides is 1. The average molecular weight is 413 g/mol. The summed E-state index contributed by atoms with van der Waals surface area (Å²) < 4.78 is 0. The SMILES string of the molecule is CC1(NCC(=O)C#CN2CCC[C@H]2C#N)CCN(C(=O)c2ccc(Cl)cc2)CC1. The Balaban J connectivity index is 1.47. The predicted molar refractivity (Wildman–Crippen MR) is 111 cm³/mol. The molecule has 2 heterocycles. The number of likely N-dealkylation sites (tertiary alicyclic amines) is 2. The maximum absolute atomic E-state index is 12.6. The van der Waals surface area contributed by atoms with E-state index in [0.29, 0.717) is 23.7 Å². The van der Waals surface area contributed by atoms with Crippen LogP contribution in [0.25, 0.3) is 0 Å². The first-order valence-corrected chi connectivity index (χ1v) is 10.3. The van der Waals surface area contributed by atoms with Gasteiger partial charge in [0.25, 0.3) is 5.91 Å². The summed E-state index contributed by atoms with van der Waals surface area (Å²) in [4.78, 5) is 28.3. The lowest BCUT2D eigenvalue weighted by molar-refractivity contribution is -0.113. The van der Waals surface area contributed by atoms with E-state index in [1.54, 1.807) is 29.2 Å². The first-order chi connectivity index (χ1) is 13.9. The van der Waals surface area contributed by atoms with Crippen LogP contribution in [0.3, 0.4) is 0 Å². The molecule has 0 bridgehead atoms. The molecule has 2 aliphatic heterocycles. The highest BCUT2D eigenvalue weighted by Gasteiger charge is 2.32. The minimum Gasteiger partial charge on any atom is -0.339 e. The monoisotopic (exact) mass is 412 g/mol. The van der Waals surface area contributed by atoms with Crippen LogP contribution in [-0.2, 0) is 4.79 Å². The summed E-state index contributed by atoms with van der Waals surface area (Å²) in [6.45, 7) is 4.23. The summed E-state index contributed by atoms with van der Waals surface area (Å²) in [6.07, 6.45) is 3.26. The molecule has 1 amide bonds. The molecule has 152 valence electrons. The molecule has 1 atom stereocenters. The van der Waals surface area contributed by atoms with Gasteiger partial charge in [0.2, 0.25) is 5.78 Å². The van der Waals surface area contributed by atoms with Crippen LogP contribution in [0.5, 0.6) is 0 Å². The van der Waals surface area contributed by atoms with Crippen LogP contribution in [-0.4, -0.2) is 59.3 Å². The number of carbonyl (C=O) groups excluding carboxylic acids is 2. The van der Waals surface area contributed by atoms with Crippen LogP contribution < -0.4 is 5.32 Å². The van der Waals surface area contributed by atoms with E-state index in [9.17, 15) is 9.59 Å². The number of piperidine rings is 1. The number of nitrogens with one attached hydrogen (secondary N) is 1. The highest BCUT2D eigenvalue weighted by atomic mass is 35.5. The lowest BCUT2D eigenvalue weighted by Crippen LogP contribution is -2.53. The van der Waals surface area contributed by atoms with E-state index >= 15 is 0 Å². The van der Waals surface area contributed by atoms with E-state index in [1.807, 2.05) is 4.90 Å². The fourth-order valence-corrected chi connectivity index (χ4v) is 3.79. The van der Waals surface area contributed by atoms with Crippen molar-refractivity contribution in [3.63, 3.8) is 0 Å². The van der Waals surface area contributed by atoms with Gasteiger partial charge in [-0.2, -0.15) is 5.26 Å². The van der Waals surface area contributed by atoms with Crippen molar-refractivity contribution in [3.05, 3.63) is 34.9 Å². The van der Waals surface area contributed by atoms with Gasteiger partial charge in [-0.15, -0.1) is 0 Å². The molecule has 2 fully saturated rings. The predicted octanol–water partition coefficient (Wildman–Crippen LogP) is 2.44. The molecule has 3 rings (SSSR count). The number of hydrogen-bond acceptors (Lipinski definition) is 5. The lowest BCUT2D eigenvalue weighted by atomic mass is 9.89. The molecule has 29 heavy (non-hydrogen) atoms. The fourth-order valence-electron chi connectivity index (χ4n) is 3.66. The van der Waals surface area contributed by atoms with E-state index in [-0.39, 0.29) is 29.8 Å². The van der Waals surface area contributed by atoms with E-state index in [2.05, 4.69) is 30.3 Å². The molecule has 1 aromatic carbocycles. The maximum Gasteiger partial charge on any atom is 0.253 e. The van der Waals surface area contributed by atoms with Gasteiger partial charge in [-0.05, 0) is 62.8 Å². The van der Waals surface area contributed by atoms with Gasteiger partial charge in [-0.3, -0.25) is 9.59 Å². The highest BCUT2D eigenvalue weighted by molar-refractivity contribution is 6.30. The summed E-state index contributed by atoms with van der Waals surface area (Å²) in [5.41, 5.74) is 0.422. The minimum absolute atomic E-state index is 0.00307. The Morgan fingerprint density at radius 3 is 2.59 bits per heavy atom. The molecule has 0 saturated carbocycles. The summed E-state index contributed by atoms with van der Waals surface area (Å²) in [7, 11) is 0. The molecule has 0 radical (unpaired) electrons. The third-order valence-corrected chi connectivity index (χ3v) is 5.91. The Hall–Kier alpha value is -2.54. The van der Waals surface area contributed by atoms with Crippen LogP contribution in [0.15, 0.2) is 24.3 Å². The molecular formula is C22H25ClN4O2. The van der Waals surface area contributed by atoms with E-state index in [4.69, 9.17) is 16.9 Å². The normalized spacial score (nSPS) is 20.5. The van der Waals surface area contributed by atoms with Gasteiger partial charge >= 0.3 is 0 Å². The summed E-state index contributed by atoms with van der Waals surface area (Å²) in [5.74, 6) is 2.46. The minimum atomic E-state index is -0.211. The summed E-state index contributed by atoms with van der Waals surface area (Å²) >= 11 is 5.89. The number of carbonyl (C=O) groups is 2. The zero-order valence-electron chi connectivity index (χ0n) is 16.6. The van der Waals surface area contributed by atoms with Gasteiger partial charge in [0.15, 0.2) is 0 Å². The van der Waals surface area contributed by atoms with Gasteiger partial charge < -0.3 is 15.1 Å². The molecule has 0 unspecified atom stereocenters.